The fourth-order valence-electron chi connectivity index (χ4n) is 1.04. The van der Waals surface area contributed by atoms with Crippen LogP contribution in [-0.2, 0) is 9.53 Å². The quantitative estimate of drug-likeness (QED) is 0.691. The van der Waals surface area contributed by atoms with Crippen molar-refractivity contribution in [3.8, 4) is 0 Å². The van der Waals surface area contributed by atoms with Crippen molar-refractivity contribution in [1.29, 1.82) is 0 Å². The molecule has 1 N–H and O–H groups in total. The van der Waals surface area contributed by atoms with Gasteiger partial charge in [-0.2, -0.15) is 0 Å². The maximum atomic E-state index is 10.8. The number of rotatable bonds is 5. The number of carboxylic acids is 1. The van der Waals surface area contributed by atoms with Gasteiger partial charge < -0.3 is 9.84 Å². The van der Waals surface area contributed by atoms with E-state index in [0.29, 0.717) is 0 Å². The summed E-state index contributed by atoms with van der Waals surface area (Å²) in [4.78, 5) is 10.8. The molecule has 0 saturated heterocycles. The van der Waals surface area contributed by atoms with Crippen LogP contribution >= 0.6 is 0 Å². The lowest BCUT2D eigenvalue weighted by molar-refractivity contribution is -0.148. The highest BCUT2D eigenvalue weighted by atomic mass is 16.5. The molecule has 0 saturated carbocycles. The molecular weight excluding hydrogens is 156 g/mol. The molecule has 1 atom stereocenters. The van der Waals surface area contributed by atoms with Crippen LogP contribution in [0.5, 0.6) is 0 Å². The van der Waals surface area contributed by atoms with E-state index in [1.54, 1.807) is 0 Å². The Bertz CT molecular complexity index is 152. The van der Waals surface area contributed by atoms with Crippen LogP contribution in [0.25, 0.3) is 0 Å². The van der Waals surface area contributed by atoms with Gasteiger partial charge in [0, 0.05) is 7.11 Å². The fourth-order valence-corrected chi connectivity index (χ4v) is 1.04. The Labute approximate surface area is 73.7 Å². The van der Waals surface area contributed by atoms with Gasteiger partial charge in [0.25, 0.3) is 0 Å². The zero-order chi connectivity index (χ0) is 9.78. The molecule has 0 aromatic heterocycles. The lowest BCUT2D eigenvalue weighted by atomic mass is 9.77. The smallest absolute Gasteiger partial charge is 0.309 e. The highest BCUT2D eigenvalue weighted by Crippen LogP contribution is 2.30. The predicted octanol–water partition coefficient (Wildman–Crippen LogP) is 1.77. The second-order valence-electron chi connectivity index (χ2n) is 3.69. The molecule has 0 amide bonds. The molecule has 0 bridgehead atoms. The second kappa shape index (κ2) is 4.45. The zero-order valence-corrected chi connectivity index (χ0v) is 8.26. The van der Waals surface area contributed by atoms with E-state index in [9.17, 15) is 4.79 Å². The van der Waals surface area contributed by atoms with E-state index >= 15 is 0 Å². The first-order chi connectivity index (χ1) is 5.45. The first-order valence-corrected chi connectivity index (χ1v) is 4.17. The largest absolute Gasteiger partial charge is 0.481 e. The lowest BCUT2D eigenvalue weighted by Crippen LogP contribution is -2.33. The summed E-state index contributed by atoms with van der Waals surface area (Å²) in [6.07, 6.45) is 0.841. The van der Waals surface area contributed by atoms with Crippen LogP contribution in [0.2, 0.25) is 0 Å². The Morgan fingerprint density at radius 1 is 1.58 bits per heavy atom. The van der Waals surface area contributed by atoms with Crippen molar-refractivity contribution in [2.75, 3.05) is 13.7 Å². The minimum Gasteiger partial charge on any atom is -0.481 e. The third-order valence-electron chi connectivity index (χ3n) is 2.49. The van der Waals surface area contributed by atoms with Crippen molar-refractivity contribution in [3.05, 3.63) is 0 Å². The molecule has 0 rings (SSSR count). The van der Waals surface area contributed by atoms with Crippen molar-refractivity contribution in [2.24, 2.45) is 11.3 Å². The van der Waals surface area contributed by atoms with Gasteiger partial charge in [-0.25, -0.2) is 0 Å². The number of hydrogen-bond acceptors (Lipinski definition) is 2. The van der Waals surface area contributed by atoms with Gasteiger partial charge in [0.05, 0.1) is 12.5 Å². The SMILES string of the molecule is CCC(C)(C)C(COC)C(=O)O. The van der Waals surface area contributed by atoms with Crippen molar-refractivity contribution in [2.45, 2.75) is 27.2 Å². The molecule has 0 spiro atoms. The number of ether oxygens (including phenoxy) is 1. The Kier molecular flexibility index (Phi) is 4.24. The maximum Gasteiger partial charge on any atom is 0.309 e. The summed E-state index contributed by atoms with van der Waals surface area (Å²) in [7, 11) is 1.53. The van der Waals surface area contributed by atoms with Crippen LogP contribution in [0.1, 0.15) is 27.2 Å². The van der Waals surface area contributed by atoms with E-state index < -0.39 is 11.9 Å². The standard InChI is InChI=1S/C9H18O3/c1-5-9(2,3)7(6-12-4)8(10)11/h7H,5-6H2,1-4H3,(H,10,11). The third kappa shape index (κ3) is 2.81. The summed E-state index contributed by atoms with van der Waals surface area (Å²) in [6.45, 7) is 6.18. The van der Waals surface area contributed by atoms with Crippen molar-refractivity contribution < 1.29 is 14.6 Å². The van der Waals surface area contributed by atoms with E-state index in [1.165, 1.54) is 7.11 Å². The maximum absolute atomic E-state index is 10.8. The summed E-state index contributed by atoms with van der Waals surface area (Å²) in [5.74, 6) is -1.18. The van der Waals surface area contributed by atoms with Gasteiger partial charge in [0.15, 0.2) is 0 Å². The lowest BCUT2D eigenvalue weighted by Gasteiger charge is -2.29. The topological polar surface area (TPSA) is 46.5 Å². The van der Waals surface area contributed by atoms with Crippen LogP contribution in [-0.4, -0.2) is 24.8 Å². The molecule has 0 aliphatic carbocycles. The number of methoxy groups -OCH3 is 1. The average Bonchev–Trinajstić information content (AvgIpc) is 1.99. The van der Waals surface area contributed by atoms with Crippen molar-refractivity contribution >= 4 is 5.97 Å². The summed E-state index contributed by atoms with van der Waals surface area (Å²) in [6, 6.07) is 0. The Morgan fingerprint density at radius 3 is 2.33 bits per heavy atom. The molecule has 0 aromatic carbocycles. The molecule has 0 aliphatic rings. The van der Waals surface area contributed by atoms with E-state index in [1.807, 2.05) is 20.8 Å². The third-order valence-corrected chi connectivity index (χ3v) is 2.49. The van der Waals surface area contributed by atoms with E-state index in [4.69, 9.17) is 9.84 Å². The zero-order valence-electron chi connectivity index (χ0n) is 8.26. The average molecular weight is 174 g/mol. The molecule has 0 heterocycles. The van der Waals surface area contributed by atoms with Gasteiger partial charge in [0.2, 0.25) is 0 Å². The molecule has 12 heavy (non-hydrogen) atoms. The molecule has 0 fully saturated rings. The number of aliphatic carboxylic acids is 1. The second-order valence-corrected chi connectivity index (χ2v) is 3.69. The number of carbonyl (C=O) groups is 1. The van der Waals surface area contributed by atoms with Gasteiger partial charge in [-0.15, -0.1) is 0 Å². The molecule has 1 unspecified atom stereocenters. The Hall–Kier alpha value is -0.570. The van der Waals surface area contributed by atoms with Gasteiger partial charge in [0.1, 0.15) is 0 Å². The van der Waals surface area contributed by atoms with E-state index in [-0.39, 0.29) is 12.0 Å². The fraction of sp³-hybridized carbons (Fsp3) is 0.889. The normalized spacial score (nSPS) is 14.3. The predicted molar refractivity (Wildman–Crippen MR) is 47.1 cm³/mol. The van der Waals surface area contributed by atoms with Gasteiger partial charge >= 0.3 is 5.97 Å². The van der Waals surface area contributed by atoms with Crippen LogP contribution in [0.3, 0.4) is 0 Å². The molecule has 3 heteroatoms. The van der Waals surface area contributed by atoms with Crippen molar-refractivity contribution in [3.63, 3.8) is 0 Å². The highest BCUT2D eigenvalue weighted by molar-refractivity contribution is 5.71. The minimum absolute atomic E-state index is 0.193. The van der Waals surface area contributed by atoms with Gasteiger partial charge in [-0.1, -0.05) is 27.2 Å². The number of carboxylic acid groups (broad SMARTS) is 1. The molecule has 3 nitrogen and oxygen atoms in total. The molecule has 0 aromatic rings. The summed E-state index contributed by atoms with van der Waals surface area (Å²) >= 11 is 0. The molecule has 0 radical (unpaired) electrons. The van der Waals surface area contributed by atoms with Crippen LogP contribution < -0.4 is 0 Å². The van der Waals surface area contributed by atoms with Crippen LogP contribution in [0, 0.1) is 11.3 Å². The molecular formula is C9H18O3. The molecule has 0 aliphatic heterocycles. The van der Waals surface area contributed by atoms with E-state index in [2.05, 4.69) is 0 Å². The summed E-state index contributed by atoms with van der Waals surface area (Å²) in [5.41, 5.74) is -0.193. The Balaban J connectivity index is 4.38. The van der Waals surface area contributed by atoms with Gasteiger partial charge in [-0.05, 0) is 5.41 Å². The van der Waals surface area contributed by atoms with E-state index in [0.717, 1.165) is 6.42 Å². The Morgan fingerprint density at radius 2 is 2.08 bits per heavy atom. The van der Waals surface area contributed by atoms with Crippen LogP contribution in [0.4, 0.5) is 0 Å². The van der Waals surface area contributed by atoms with Crippen molar-refractivity contribution in [1.82, 2.24) is 0 Å². The summed E-state index contributed by atoms with van der Waals surface area (Å²) in [5, 5.41) is 8.89. The van der Waals surface area contributed by atoms with Crippen LogP contribution in [0.15, 0.2) is 0 Å². The first-order valence-electron chi connectivity index (χ1n) is 4.17. The monoisotopic (exact) mass is 174 g/mol. The van der Waals surface area contributed by atoms with Gasteiger partial charge in [-0.3, -0.25) is 4.79 Å². The molecule has 72 valence electrons. The minimum atomic E-state index is -0.774. The summed E-state index contributed by atoms with van der Waals surface area (Å²) < 4.78 is 4.87. The highest BCUT2D eigenvalue weighted by Gasteiger charge is 2.33. The number of hydrogen-bond donors (Lipinski definition) is 1. The first kappa shape index (κ1) is 11.4.